The first kappa shape index (κ1) is 16.3. The molecule has 2 aromatic rings. The van der Waals surface area contributed by atoms with E-state index in [-0.39, 0.29) is 0 Å². The van der Waals surface area contributed by atoms with Crippen LogP contribution in [0.5, 0.6) is 5.75 Å². The predicted molar refractivity (Wildman–Crippen MR) is 89.1 cm³/mol. The summed E-state index contributed by atoms with van der Waals surface area (Å²) in [5.74, 6) is 0.0123. The van der Waals surface area contributed by atoms with E-state index < -0.39 is 5.91 Å². The fourth-order valence-corrected chi connectivity index (χ4v) is 2.31. The molecule has 2 rings (SSSR count). The van der Waals surface area contributed by atoms with Gasteiger partial charge in [0.2, 0.25) is 0 Å². The van der Waals surface area contributed by atoms with Gasteiger partial charge in [0.25, 0.3) is 5.91 Å². The van der Waals surface area contributed by atoms with E-state index in [1.807, 2.05) is 18.2 Å². The number of nitrogens with one attached hydrogen (secondary N) is 1. The van der Waals surface area contributed by atoms with Crippen molar-refractivity contribution in [3.05, 3.63) is 63.6 Å². The molecule has 0 aromatic heterocycles. The minimum absolute atomic E-state index is 0.311. The Bertz CT molecular complexity index is 730. The molecule has 114 valence electrons. The highest BCUT2D eigenvalue weighted by Crippen LogP contribution is 2.22. The first-order chi connectivity index (χ1) is 10.5. The molecule has 0 aliphatic rings. The molecule has 0 atom stereocenters. The Morgan fingerprint density at radius 3 is 2.55 bits per heavy atom. The summed E-state index contributed by atoms with van der Waals surface area (Å²) in [6.45, 7) is 1.76. The molecule has 4 nitrogen and oxygen atoms in total. The van der Waals surface area contributed by atoms with Crippen LogP contribution in [0, 0.1) is 0 Å². The number of benzene rings is 2. The number of carbonyl (C=O) groups excluding carboxylic acids is 1. The van der Waals surface area contributed by atoms with Gasteiger partial charge in [-0.25, -0.2) is 5.43 Å². The van der Waals surface area contributed by atoms with E-state index in [0.29, 0.717) is 27.1 Å². The van der Waals surface area contributed by atoms with Crippen molar-refractivity contribution >= 4 is 34.8 Å². The van der Waals surface area contributed by atoms with Crippen molar-refractivity contribution in [1.82, 2.24) is 5.43 Å². The minimum Gasteiger partial charge on any atom is -0.496 e. The quantitative estimate of drug-likeness (QED) is 0.673. The lowest BCUT2D eigenvalue weighted by Gasteiger charge is -2.08. The Balaban J connectivity index is 2.21. The molecule has 0 fully saturated rings. The van der Waals surface area contributed by atoms with Crippen molar-refractivity contribution in [3.63, 3.8) is 0 Å². The van der Waals surface area contributed by atoms with Gasteiger partial charge in [0, 0.05) is 15.6 Å². The molecule has 0 heterocycles. The van der Waals surface area contributed by atoms with Crippen LogP contribution in [0.4, 0.5) is 0 Å². The molecule has 1 amide bonds. The van der Waals surface area contributed by atoms with E-state index in [0.717, 1.165) is 5.56 Å². The number of methoxy groups -OCH3 is 1. The van der Waals surface area contributed by atoms with Crippen LogP contribution in [0.3, 0.4) is 0 Å². The first-order valence-electron chi connectivity index (χ1n) is 6.46. The van der Waals surface area contributed by atoms with Gasteiger partial charge in [-0.05, 0) is 31.2 Å². The molecule has 0 saturated carbocycles. The Kier molecular flexibility index (Phi) is 5.41. The average Bonchev–Trinajstić information content (AvgIpc) is 2.52. The monoisotopic (exact) mass is 336 g/mol. The molecule has 1 N–H and O–H groups in total. The zero-order chi connectivity index (χ0) is 16.1. The summed E-state index contributed by atoms with van der Waals surface area (Å²) in [7, 11) is 1.48. The third-order valence-corrected chi connectivity index (χ3v) is 3.56. The van der Waals surface area contributed by atoms with E-state index in [2.05, 4.69) is 10.5 Å². The van der Waals surface area contributed by atoms with Crippen molar-refractivity contribution in [2.24, 2.45) is 5.10 Å². The van der Waals surface area contributed by atoms with Crippen LogP contribution in [-0.4, -0.2) is 18.7 Å². The van der Waals surface area contributed by atoms with Gasteiger partial charge < -0.3 is 4.74 Å². The van der Waals surface area contributed by atoms with Crippen LogP contribution < -0.4 is 10.2 Å². The Hall–Kier alpha value is -2.04. The van der Waals surface area contributed by atoms with Gasteiger partial charge in [0.15, 0.2) is 0 Å². The summed E-state index contributed by atoms with van der Waals surface area (Å²) in [6.07, 6.45) is 0. The number of rotatable bonds is 4. The van der Waals surface area contributed by atoms with E-state index in [1.54, 1.807) is 25.1 Å². The highest BCUT2D eigenvalue weighted by atomic mass is 35.5. The van der Waals surface area contributed by atoms with Gasteiger partial charge in [-0.2, -0.15) is 5.10 Å². The van der Waals surface area contributed by atoms with Crippen LogP contribution in [0.1, 0.15) is 22.8 Å². The van der Waals surface area contributed by atoms with Gasteiger partial charge in [-0.15, -0.1) is 0 Å². The summed E-state index contributed by atoms with van der Waals surface area (Å²) in [4.78, 5) is 12.2. The van der Waals surface area contributed by atoms with Crippen LogP contribution in [-0.2, 0) is 0 Å². The van der Waals surface area contributed by atoms with Crippen molar-refractivity contribution in [2.75, 3.05) is 7.11 Å². The van der Waals surface area contributed by atoms with Gasteiger partial charge in [0.1, 0.15) is 5.75 Å². The molecule has 6 heteroatoms. The van der Waals surface area contributed by atoms with Gasteiger partial charge in [-0.1, -0.05) is 41.4 Å². The third kappa shape index (κ3) is 3.78. The van der Waals surface area contributed by atoms with E-state index >= 15 is 0 Å². The normalized spacial score (nSPS) is 11.2. The summed E-state index contributed by atoms with van der Waals surface area (Å²) in [5, 5.41) is 5.08. The number of amides is 1. The summed E-state index contributed by atoms with van der Waals surface area (Å²) < 4.78 is 5.14. The van der Waals surface area contributed by atoms with Crippen LogP contribution in [0.25, 0.3) is 0 Å². The summed E-state index contributed by atoms with van der Waals surface area (Å²) in [5.41, 5.74) is 4.14. The highest BCUT2D eigenvalue weighted by molar-refractivity contribution is 6.34. The Morgan fingerprint density at radius 1 is 1.14 bits per heavy atom. The van der Waals surface area contributed by atoms with Gasteiger partial charge in [-0.3, -0.25) is 4.79 Å². The van der Waals surface area contributed by atoms with Gasteiger partial charge >= 0.3 is 0 Å². The average molecular weight is 337 g/mol. The first-order valence-corrected chi connectivity index (χ1v) is 7.21. The predicted octanol–water partition coefficient (Wildman–Crippen LogP) is 4.16. The maximum Gasteiger partial charge on any atom is 0.275 e. The zero-order valence-corrected chi connectivity index (χ0v) is 13.6. The largest absolute Gasteiger partial charge is 0.496 e. The smallest absolute Gasteiger partial charge is 0.275 e. The number of carbonyl (C=O) groups is 1. The lowest BCUT2D eigenvalue weighted by atomic mass is 10.1. The molecule has 0 unspecified atom stereocenters. The minimum atomic E-state index is -0.411. The lowest BCUT2D eigenvalue weighted by molar-refractivity contribution is 0.0952. The number of hydrogen-bond acceptors (Lipinski definition) is 3. The van der Waals surface area contributed by atoms with Crippen molar-refractivity contribution in [3.8, 4) is 5.75 Å². The van der Waals surface area contributed by atoms with E-state index in [1.165, 1.54) is 13.2 Å². The number of nitrogens with zero attached hydrogens (tertiary/aromatic N) is 1. The summed E-state index contributed by atoms with van der Waals surface area (Å²) >= 11 is 12.0. The third-order valence-electron chi connectivity index (χ3n) is 2.99. The maximum absolute atomic E-state index is 12.2. The lowest BCUT2D eigenvalue weighted by Crippen LogP contribution is -2.20. The van der Waals surface area contributed by atoms with E-state index in [9.17, 15) is 4.79 Å². The molecule has 0 aliphatic carbocycles. The fourth-order valence-electron chi connectivity index (χ4n) is 1.87. The van der Waals surface area contributed by atoms with Crippen molar-refractivity contribution < 1.29 is 9.53 Å². The van der Waals surface area contributed by atoms with Crippen molar-refractivity contribution in [1.29, 1.82) is 0 Å². The number of hydrazone groups is 1. The zero-order valence-electron chi connectivity index (χ0n) is 12.1. The number of halogens is 2. The SMILES string of the molecule is COc1ccc(Cl)cc1C(=O)N/N=C(\C)c1ccccc1Cl. The molecule has 0 bridgehead atoms. The molecular formula is C16H14Cl2N2O2. The second-order valence-corrected chi connectivity index (χ2v) is 5.31. The molecule has 0 spiro atoms. The van der Waals surface area contributed by atoms with Gasteiger partial charge in [0.05, 0.1) is 18.4 Å². The molecular weight excluding hydrogens is 323 g/mol. The summed E-state index contributed by atoms with van der Waals surface area (Å²) in [6, 6.07) is 12.1. The molecule has 0 saturated heterocycles. The standard InChI is InChI=1S/C16H14Cl2N2O2/c1-10(12-5-3-4-6-14(12)18)19-20-16(21)13-9-11(17)7-8-15(13)22-2/h3-9H,1-2H3,(H,20,21)/b19-10+. The fraction of sp³-hybridized carbons (Fsp3) is 0.125. The maximum atomic E-state index is 12.2. The van der Waals surface area contributed by atoms with Crippen molar-refractivity contribution in [2.45, 2.75) is 6.92 Å². The van der Waals surface area contributed by atoms with E-state index in [4.69, 9.17) is 27.9 Å². The molecule has 22 heavy (non-hydrogen) atoms. The number of hydrogen-bond donors (Lipinski definition) is 1. The van der Waals surface area contributed by atoms with Crippen LogP contribution >= 0.6 is 23.2 Å². The second-order valence-electron chi connectivity index (χ2n) is 4.46. The molecule has 2 aromatic carbocycles. The highest BCUT2D eigenvalue weighted by Gasteiger charge is 2.13. The second kappa shape index (κ2) is 7.29. The Morgan fingerprint density at radius 2 is 1.86 bits per heavy atom. The van der Waals surface area contributed by atoms with Crippen LogP contribution in [0.2, 0.25) is 10.0 Å². The van der Waals surface area contributed by atoms with Crippen LogP contribution in [0.15, 0.2) is 47.6 Å². The topological polar surface area (TPSA) is 50.7 Å². The number of ether oxygens (including phenoxy) is 1. The molecule has 0 radical (unpaired) electrons. The Labute approximate surface area is 138 Å². The molecule has 0 aliphatic heterocycles.